The van der Waals surface area contributed by atoms with Gasteiger partial charge in [0.25, 0.3) is 0 Å². The molecule has 112 valence electrons. The molecule has 1 aliphatic carbocycles. The van der Waals surface area contributed by atoms with Crippen LogP contribution in [0.2, 0.25) is 0 Å². The summed E-state index contributed by atoms with van der Waals surface area (Å²) >= 11 is 0. The van der Waals surface area contributed by atoms with Gasteiger partial charge in [-0.15, -0.1) is 0 Å². The number of fused-ring (bicyclic) bond motifs is 1. The summed E-state index contributed by atoms with van der Waals surface area (Å²) in [5.41, 5.74) is 4.36. The number of rotatable bonds is 4. The second-order valence-electron chi connectivity index (χ2n) is 5.69. The van der Waals surface area contributed by atoms with Crippen molar-refractivity contribution in [3.05, 3.63) is 64.7 Å². The summed E-state index contributed by atoms with van der Waals surface area (Å²) in [4.78, 5) is 23.2. The Labute approximate surface area is 129 Å². The number of hydrogen-bond acceptors (Lipinski definition) is 3. The van der Waals surface area contributed by atoms with Gasteiger partial charge >= 0.3 is 5.97 Å². The van der Waals surface area contributed by atoms with Crippen molar-refractivity contribution in [2.24, 2.45) is 0 Å². The molecule has 22 heavy (non-hydrogen) atoms. The standard InChI is InChI=1S/C19H18O3/c1-13(20)15-7-9-18(10-8-15)22-19(21)12-14-5-6-16-3-2-4-17(16)11-14/h5-11H,2-4,12H2,1H3. The summed E-state index contributed by atoms with van der Waals surface area (Å²) in [5, 5.41) is 0. The first-order chi connectivity index (χ1) is 10.6. The lowest BCUT2D eigenvalue weighted by Gasteiger charge is -2.06. The molecule has 0 fully saturated rings. The Balaban J connectivity index is 1.63. The molecule has 0 spiro atoms. The molecule has 3 rings (SSSR count). The Morgan fingerprint density at radius 3 is 2.45 bits per heavy atom. The van der Waals surface area contributed by atoms with Gasteiger partial charge in [0, 0.05) is 5.56 Å². The first-order valence-corrected chi connectivity index (χ1v) is 7.54. The summed E-state index contributed by atoms with van der Waals surface area (Å²) in [6, 6.07) is 12.9. The van der Waals surface area contributed by atoms with Gasteiger partial charge in [0.2, 0.25) is 0 Å². The van der Waals surface area contributed by atoms with Crippen LogP contribution in [-0.2, 0) is 24.1 Å². The number of esters is 1. The van der Waals surface area contributed by atoms with Crippen molar-refractivity contribution in [3.63, 3.8) is 0 Å². The number of aryl methyl sites for hydroxylation is 2. The van der Waals surface area contributed by atoms with Crippen molar-refractivity contribution >= 4 is 11.8 Å². The van der Waals surface area contributed by atoms with Crippen molar-refractivity contribution < 1.29 is 14.3 Å². The summed E-state index contributed by atoms with van der Waals surface area (Å²) < 4.78 is 5.32. The minimum atomic E-state index is -0.284. The number of hydrogen-bond donors (Lipinski definition) is 0. The maximum absolute atomic E-state index is 12.0. The first-order valence-electron chi connectivity index (χ1n) is 7.54. The van der Waals surface area contributed by atoms with Gasteiger partial charge in [0.1, 0.15) is 5.75 Å². The van der Waals surface area contributed by atoms with Crippen LogP contribution in [0.1, 0.15) is 40.4 Å². The molecule has 0 unspecified atom stereocenters. The van der Waals surface area contributed by atoms with Gasteiger partial charge in [-0.2, -0.15) is 0 Å². The Hall–Kier alpha value is -2.42. The van der Waals surface area contributed by atoms with Gasteiger partial charge < -0.3 is 4.74 Å². The van der Waals surface area contributed by atoms with E-state index in [1.54, 1.807) is 24.3 Å². The lowest BCUT2D eigenvalue weighted by atomic mass is 10.0. The lowest BCUT2D eigenvalue weighted by Crippen LogP contribution is -2.11. The van der Waals surface area contributed by atoms with E-state index in [9.17, 15) is 9.59 Å². The van der Waals surface area contributed by atoms with Gasteiger partial charge in [-0.3, -0.25) is 9.59 Å². The zero-order chi connectivity index (χ0) is 15.5. The molecule has 2 aromatic rings. The Morgan fingerprint density at radius 2 is 1.73 bits per heavy atom. The van der Waals surface area contributed by atoms with Crippen molar-refractivity contribution in [2.75, 3.05) is 0 Å². The van der Waals surface area contributed by atoms with Crippen molar-refractivity contribution in [2.45, 2.75) is 32.6 Å². The Morgan fingerprint density at radius 1 is 1.00 bits per heavy atom. The van der Waals surface area contributed by atoms with Crippen LogP contribution in [-0.4, -0.2) is 11.8 Å². The van der Waals surface area contributed by atoms with Gasteiger partial charge in [0.15, 0.2) is 5.78 Å². The van der Waals surface area contributed by atoms with E-state index < -0.39 is 0 Å². The highest BCUT2D eigenvalue weighted by Gasteiger charge is 2.13. The van der Waals surface area contributed by atoms with Crippen LogP contribution in [0.4, 0.5) is 0 Å². The number of Topliss-reactive ketones (excluding diaryl/α,β-unsaturated/α-hetero) is 1. The van der Waals surface area contributed by atoms with Gasteiger partial charge in [0.05, 0.1) is 6.42 Å². The van der Waals surface area contributed by atoms with Crippen LogP contribution in [0, 0.1) is 0 Å². The summed E-state index contributed by atoms with van der Waals surface area (Å²) in [7, 11) is 0. The molecule has 0 heterocycles. The monoisotopic (exact) mass is 294 g/mol. The molecule has 2 aromatic carbocycles. The normalized spacial score (nSPS) is 12.8. The van der Waals surface area contributed by atoms with E-state index in [-0.39, 0.29) is 18.2 Å². The van der Waals surface area contributed by atoms with Crippen LogP contribution in [0.25, 0.3) is 0 Å². The largest absolute Gasteiger partial charge is 0.426 e. The van der Waals surface area contributed by atoms with Crippen LogP contribution >= 0.6 is 0 Å². The second kappa shape index (κ2) is 6.14. The smallest absolute Gasteiger partial charge is 0.315 e. The van der Waals surface area contributed by atoms with Crippen molar-refractivity contribution in [3.8, 4) is 5.75 Å². The van der Waals surface area contributed by atoms with Gasteiger partial charge in [-0.05, 0) is 67.1 Å². The number of carbonyl (C=O) groups excluding carboxylic acids is 2. The van der Waals surface area contributed by atoms with Gasteiger partial charge in [-0.1, -0.05) is 18.2 Å². The van der Waals surface area contributed by atoms with E-state index >= 15 is 0 Å². The molecule has 1 aliphatic rings. The third kappa shape index (κ3) is 3.25. The van der Waals surface area contributed by atoms with Gasteiger partial charge in [-0.25, -0.2) is 0 Å². The molecule has 0 aliphatic heterocycles. The van der Waals surface area contributed by atoms with E-state index in [0.29, 0.717) is 11.3 Å². The fraction of sp³-hybridized carbons (Fsp3) is 0.263. The first kappa shape index (κ1) is 14.5. The van der Waals surface area contributed by atoms with Crippen LogP contribution in [0.15, 0.2) is 42.5 Å². The van der Waals surface area contributed by atoms with E-state index in [1.165, 1.54) is 24.5 Å². The van der Waals surface area contributed by atoms with Crippen molar-refractivity contribution in [1.29, 1.82) is 0 Å². The average Bonchev–Trinajstić information content (AvgIpc) is 2.95. The third-order valence-electron chi connectivity index (χ3n) is 4.00. The van der Waals surface area contributed by atoms with Crippen LogP contribution in [0.3, 0.4) is 0 Å². The van der Waals surface area contributed by atoms with E-state index in [1.807, 2.05) is 6.07 Å². The highest BCUT2D eigenvalue weighted by atomic mass is 16.5. The highest BCUT2D eigenvalue weighted by molar-refractivity contribution is 5.94. The average molecular weight is 294 g/mol. The highest BCUT2D eigenvalue weighted by Crippen LogP contribution is 2.23. The predicted molar refractivity (Wildman–Crippen MR) is 84.3 cm³/mol. The summed E-state index contributed by atoms with van der Waals surface area (Å²) in [6.07, 6.45) is 3.71. The van der Waals surface area contributed by atoms with E-state index in [0.717, 1.165) is 18.4 Å². The molecule has 0 atom stereocenters. The number of ether oxygens (including phenoxy) is 1. The lowest BCUT2D eigenvalue weighted by molar-refractivity contribution is -0.133. The predicted octanol–water partition coefficient (Wildman–Crippen LogP) is 3.53. The summed E-state index contributed by atoms with van der Waals surface area (Å²) in [6.45, 7) is 1.51. The topological polar surface area (TPSA) is 43.4 Å². The second-order valence-corrected chi connectivity index (χ2v) is 5.69. The van der Waals surface area contributed by atoms with Crippen molar-refractivity contribution in [1.82, 2.24) is 0 Å². The maximum atomic E-state index is 12.0. The summed E-state index contributed by atoms with van der Waals surface area (Å²) in [5.74, 6) is 0.181. The molecule has 0 saturated carbocycles. The molecule has 3 nitrogen and oxygen atoms in total. The minimum absolute atomic E-state index is 0.00369. The maximum Gasteiger partial charge on any atom is 0.315 e. The zero-order valence-corrected chi connectivity index (χ0v) is 12.6. The zero-order valence-electron chi connectivity index (χ0n) is 12.6. The molecule has 0 saturated heterocycles. The number of benzene rings is 2. The molecule has 0 bridgehead atoms. The third-order valence-corrected chi connectivity index (χ3v) is 4.00. The van der Waals surface area contributed by atoms with E-state index in [4.69, 9.17) is 4.74 Å². The quantitative estimate of drug-likeness (QED) is 0.492. The molecule has 3 heteroatoms. The van der Waals surface area contributed by atoms with Crippen LogP contribution < -0.4 is 4.74 Å². The Bertz CT molecular complexity index is 714. The van der Waals surface area contributed by atoms with Crippen LogP contribution in [0.5, 0.6) is 5.75 Å². The molecule has 0 aromatic heterocycles. The van der Waals surface area contributed by atoms with E-state index in [2.05, 4.69) is 12.1 Å². The molecule has 0 N–H and O–H groups in total. The minimum Gasteiger partial charge on any atom is -0.426 e. The fourth-order valence-electron chi connectivity index (χ4n) is 2.83. The SMILES string of the molecule is CC(=O)c1ccc(OC(=O)Cc2ccc3c(c2)CCC3)cc1. The fourth-order valence-corrected chi connectivity index (χ4v) is 2.83. The number of carbonyl (C=O) groups is 2. The molecule has 0 amide bonds. The Kier molecular flexibility index (Phi) is 4.05. The molecule has 0 radical (unpaired) electrons. The molecular formula is C19H18O3. The molecular weight excluding hydrogens is 276 g/mol. The number of ketones is 1.